The molecule has 5 nitrogen and oxygen atoms in total. The van der Waals surface area contributed by atoms with Crippen LogP contribution in [0.5, 0.6) is 0 Å². The lowest BCUT2D eigenvalue weighted by molar-refractivity contribution is -0.145. The van der Waals surface area contributed by atoms with Crippen LogP contribution in [0.2, 0.25) is 0 Å². The predicted molar refractivity (Wildman–Crippen MR) is 99.5 cm³/mol. The van der Waals surface area contributed by atoms with Gasteiger partial charge in [-0.25, -0.2) is 13.6 Å². The highest BCUT2D eigenvalue weighted by molar-refractivity contribution is 5.86. The van der Waals surface area contributed by atoms with Crippen LogP contribution < -0.4 is 5.32 Å². The molecule has 1 aromatic heterocycles. The summed E-state index contributed by atoms with van der Waals surface area (Å²) in [6.45, 7) is 0. The molecule has 1 amide bonds. The molecule has 144 valence electrons. The Morgan fingerprint density at radius 1 is 1.04 bits per heavy atom. The van der Waals surface area contributed by atoms with Crippen LogP contribution in [0.3, 0.4) is 0 Å². The second-order valence-corrected chi connectivity index (χ2v) is 6.22. The maximum atomic E-state index is 13.7. The summed E-state index contributed by atoms with van der Waals surface area (Å²) in [5.41, 5.74) is 0.974. The molecule has 0 fully saturated rings. The minimum Gasteiger partial charge on any atom is -0.467 e. The number of benzene rings is 2. The summed E-state index contributed by atoms with van der Waals surface area (Å²) in [6, 6.07) is 13.4. The van der Waals surface area contributed by atoms with Gasteiger partial charge in [-0.2, -0.15) is 0 Å². The number of esters is 1. The third-order valence-corrected chi connectivity index (χ3v) is 4.29. The number of pyridine rings is 1. The highest BCUT2D eigenvalue weighted by Crippen LogP contribution is 2.15. The maximum Gasteiger partial charge on any atom is 0.328 e. The minimum absolute atomic E-state index is 0.0863. The SMILES string of the molecule is COC(=O)[C@@H](Cc1ccc2ccccc2n1)NC(=O)Cc1c(F)cccc1F. The van der Waals surface area contributed by atoms with Gasteiger partial charge in [0.25, 0.3) is 0 Å². The van der Waals surface area contributed by atoms with Crippen LogP contribution in [0.15, 0.2) is 54.6 Å². The summed E-state index contributed by atoms with van der Waals surface area (Å²) in [5.74, 6) is -3.00. The number of rotatable bonds is 6. The molecule has 7 heteroatoms. The number of halogens is 2. The number of para-hydroxylation sites is 1. The molecule has 0 bridgehead atoms. The summed E-state index contributed by atoms with van der Waals surface area (Å²) < 4.78 is 32.2. The number of hydrogen-bond donors (Lipinski definition) is 1. The van der Waals surface area contributed by atoms with E-state index in [1.54, 1.807) is 6.07 Å². The largest absolute Gasteiger partial charge is 0.467 e. The Hall–Kier alpha value is -3.35. The van der Waals surface area contributed by atoms with E-state index in [1.165, 1.54) is 13.2 Å². The standard InChI is InChI=1S/C21H18F2N2O3/c1-28-21(27)19(11-14-10-9-13-5-2-3-8-18(13)24-14)25-20(26)12-15-16(22)6-4-7-17(15)23/h2-10,19H,11-12H2,1H3,(H,25,26)/t19-/m1/s1. The van der Waals surface area contributed by atoms with Gasteiger partial charge in [-0.15, -0.1) is 0 Å². The molecular formula is C21H18F2N2O3. The second kappa shape index (κ2) is 8.56. The lowest BCUT2D eigenvalue weighted by Crippen LogP contribution is -2.44. The Morgan fingerprint density at radius 2 is 1.75 bits per heavy atom. The van der Waals surface area contributed by atoms with E-state index in [9.17, 15) is 18.4 Å². The first kappa shape index (κ1) is 19.4. The number of fused-ring (bicyclic) bond motifs is 1. The molecule has 1 heterocycles. The average Bonchev–Trinajstić information content (AvgIpc) is 2.69. The summed E-state index contributed by atoms with van der Waals surface area (Å²) in [7, 11) is 1.20. The molecule has 28 heavy (non-hydrogen) atoms. The molecule has 3 rings (SSSR count). The van der Waals surface area contributed by atoms with E-state index >= 15 is 0 Å². The van der Waals surface area contributed by atoms with Crippen molar-refractivity contribution in [2.45, 2.75) is 18.9 Å². The third kappa shape index (κ3) is 4.49. The van der Waals surface area contributed by atoms with Gasteiger partial charge in [0.1, 0.15) is 17.7 Å². The Morgan fingerprint density at radius 3 is 2.46 bits per heavy atom. The van der Waals surface area contributed by atoms with Crippen molar-refractivity contribution in [1.82, 2.24) is 10.3 Å². The number of amides is 1. The number of methoxy groups -OCH3 is 1. The minimum atomic E-state index is -1.03. The van der Waals surface area contributed by atoms with Gasteiger partial charge in [-0.3, -0.25) is 9.78 Å². The van der Waals surface area contributed by atoms with Crippen molar-refractivity contribution in [3.05, 3.63) is 77.5 Å². The topological polar surface area (TPSA) is 68.3 Å². The Bertz CT molecular complexity index is 1000. The number of carbonyl (C=O) groups is 2. The molecule has 0 aliphatic carbocycles. The van der Waals surface area contributed by atoms with E-state index in [0.717, 1.165) is 23.0 Å². The third-order valence-electron chi connectivity index (χ3n) is 4.29. The highest BCUT2D eigenvalue weighted by atomic mass is 19.1. The van der Waals surface area contributed by atoms with Crippen LogP contribution in [0, 0.1) is 11.6 Å². The van der Waals surface area contributed by atoms with Gasteiger partial charge >= 0.3 is 5.97 Å². The monoisotopic (exact) mass is 384 g/mol. The van der Waals surface area contributed by atoms with Crippen LogP contribution in [-0.4, -0.2) is 30.0 Å². The molecule has 0 unspecified atom stereocenters. The fraction of sp³-hybridized carbons (Fsp3) is 0.190. The van der Waals surface area contributed by atoms with Crippen molar-refractivity contribution in [1.29, 1.82) is 0 Å². The van der Waals surface area contributed by atoms with E-state index in [1.807, 2.05) is 30.3 Å². The number of carbonyl (C=O) groups excluding carboxylic acids is 2. The molecule has 0 aliphatic rings. The quantitative estimate of drug-likeness (QED) is 0.664. The van der Waals surface area contributed by atoms with E-state index in [0.29, 0.717) is 5.69 Å². The van der Waals surface area contributed by atoms with Crippen LogP contribution in [-0.2, 0) is 27.2 Å². The molecule has 2 aromatic carbocycles. The second-order valence-electron chi connectivity index (χ2n) is 6.22. The number of ether oxygens (including phenoxy) is 1. The molecule has 0 saturated carbocycles. The molecule has 3 aromatic rings. The van der Waals surface area contributed by atoms with Crippen molar-refractivity contribution < 1.29 is 23.1 Å². The Balaban J connectivity index is 1.76. The van der Waals surface area contributed by atoms with Crippen LogP contribution in [0.25, 0.3) is 10.9 Å². The van der Waals surface area contributed by atoms with E-state index in [4.69, 9.17) is 4.74 Å². The van der Waals surface area contributed by atoms with Crippen molar-refractivity contribution in [3.63, 3.8) is 0 Å². The zero-order chi connectivity index (χ0) is 20.1. The molecule has 0 radical (unpaired) electrons. The van der Waals surface area contributed by atoms with Gasteiger partial charge < -0.3 is 10.1 Å². The highest BCUT2D eigenvalue weighted by Gasteiger charge is 2.24. The fourth-order valence-electron chi connectivity index (χ4n) is 2.87. The molecular weight excluding hydrogens is 366 g/mol. The smallest absolute Gasteiger partial charge is 0.328 e. The van der Waals surface area contributed by atoms with E-state index in [-0.39, 0.29) is 12.0 Å². The number of aromatic nitrogens is 1. The number of nitrogens with zero attached hydrogens (tertiary/aromatic N) is 1. The lowest BCUT2D eigenvalue weighted by Gasteiger charge is -2.17. The maximum absolute atomic E-state index is 13.7. The van der Waals surface area contributed by atoms with E-state index < -0.39 is 36.0 Å². The molecule has 1 atom stereocenters. The first-order chi connectivity index (χ1) is 13.5. The zero-order valence-electron chi connectivity index (χ0n) is 15.1. The number of nitrogens with one attached hydrogen (secondary N) is 1. The molecule has 0 spiro atoms. The Labute approximate surface area is 160 Å². The summed E-state index contributed by atoms with van der Waals surface area (Å²) in [4.78, 5) is 28.8. The van der Waals surface area contributed by atoms with Crippen molar-refractivity contribution in [3.8, 4) is 0 Å². The van der Waals surface area contributed by atoms with Crippen LogP contribution in [0.4, 0.5) is 8.78 Å². The molecule has 1 N–H and O–H groups in total. The van der Waals surface area contributed by atoms with Gasteiger partial charge in [-0.1, -0.05) is 30.3 Å². The first-order valence-corrected chi connectivity index (χ1v) is 8.62. The lowest BCUT2D eigenvalue weighted by atomic mass is 10.1. The average molecular weight is 384 g/mol. The Kier molecular flexibility index (Phi) is 5.93. The fourth-order valence-corrected chi connectivity index (χ4v) is 2.87. The first-order valence-electron chi connectivity index (χ1n) is 8.62. The van der Waals surface area contributed by atoms with E-state index in [2.05, 4.69) is 10.3 Å². The van der Waals surface area contributed by atoms with Crippen LogP contribution in [0.1, 0.15) is 11.3 Å². The van der Waals surface area contributed by atoms with Gasteiger partial charge in [0.15, 0.2) is 0 Å². The zero-order valence-corrected chi connectivity index (χ0v) is 15.1. The molecule has 0 saturated heterocycles. The summed E-state index contributed by atoms with van der Waals surface area (Å²) in [6.07, 6.45) is -0.444. The van der Waals surface area contributed by atoms with Crippen molar-refractivity contribution in [2.24, 2.45) is 0 Å². The van der Waals surface area contributed by atoms with Gasteiger partial charge in [0.05, 0.1) is 19.0 Å². The molecule has 0 aliphatic heterocycles. The van der Waals surface area contributed by atoms with Crippen molar-refractivity contribution >= 4 is 22.8 Å². The normalized spacial score (nSPS) is 11.8. The number of hydrogen-bond acceptors (Lipinski definition) is 4. The van der Waals surface area contributed by atoms with Gasteiger partial charge in [-0.05, 0) is 24.3 Å². The van der Waals surface area contributed by atoms with Crippen molar-refractivity contribution in [2.75, 3.05) is 7.11 Å². The summed E-state index contributed by atoms with van der Waals surface area (Å²) in [5, 5.41) is 3.42. The summed E-state index contributed by atoms with van der Waals surface area (Å²) >= 11 is 0. The van der Waals surface area contributed by atoms with Gasteiger partial charge in [0, 0.05) is 23.1 Å². The van der Waals surface area contributed by atoms with Gasteiger partial charge in [0.2, 0.25) is 5.91 Å². The van der Waals surface area contributed by atoms with Crippen LogP contribution >= 0.6 is 0 Å². The predicted octanol–water partition coefficient (Wildman–Crippen LogP) is 2.96.